The van der Waals surface area contributed by atoms with Gasteiger partial charge in [0.05, 0.1) is 5.92 Å². The molecule has 1 atom stereocenters. The van der Waals surface area contributed by atoms with Gasteiger partial charge in [-0.3, -0.25) is 19.5 Å². The molecule has 132 valence electrons. The molecule has 0 spiro atoms. The second-order valence-electron chi connectivity index (χ2n) is 6.43. The van der Waals surface area contributed by atoms with E-state index >= 15 is 0 Å². The smallest absolute Gasteiger partial charge is 0.229 e. The van der Waals surface area contributed by atoms with Gasteiger partial charge in [-0.05, 0) is 17.0 Å². The Bertz CT molecular complexity index is 952. The van der Waals surface area contributed by atoms with Crippen LogP contribution in [-0.2, 0) is 16.1 Å². The highest BCUT2D eigenvalue weighted by Crippen LogP contribution is 2.28. The molecule has 1 aliphatic heterocycles. The number of fused-ring (bicyclic) bond motifs is 1. The molecule has 26 heavy (non-hydrogen) atoms. The van der Waals surface area contributed by atoms with Crippen molar-refractivity contribution in [2.24, 2.45) is 5.92 Å². The molecule has 0 radical (unpaired) electrons. The van der Waals surface area contributed by atoms with Gasteiger partial charge in [0, 0.05) is 55.9 Å². The van der Waals surface area contributed by atoms with Gasteiger partial charge < -0.3 is 4.90 Å². The number of hydrogen-bond donors (Lipinski definition) is 0. The molecule has 3 aromatic rings. The molecule has 6 nitrogen and oxygen atoms in total. The van der Waals surface area contributed by atoms with E-state index in [1.807, 2.05) is 35.8 Å². The van der Waals surface area contributed by atoms with Gasteiger partial charge in [0.2, 0.25) is 11.8 Å². The minimum absolute atomic E-state index is 0.0107. The molecule has 0 bridgehead atoms. The minimum Gasteiger partial charge on any atom is -0.341 e. The number of nitrogens with zero attached hydrogens (tertiary/aromatic N) is 4. The van der Waals surface area contributed by atoms with Crippen LogP contribution in [0.25, 0.3) is 10.8 Å². The fraction of sp³-hybridized carbons (Fsp3) is 0.263. The summed E-state index contributed by atoms with van der Waals surface area (Å²) in [5.41, 5.74) is 1.07. The highest BCUT2D eigenvalue weighted by molar-refractivity contribution is 7.13. The van der Waals surface area contributed by atoms with Crippen LogP contribution in [0.15, 0.2) is 48.2 Å². The highest BCUT2D eigenvalue weighted by Gasteiger charge is 2.37. The van der Waals surface area contributed by atoms with Crippen LogP contribution >= 0.6 is 11.3 Å². The largest absolute Gasteiger partial charge is 0.341 e. The molecule has 4 rings (SSSR count). The molecule has 1 aromatic carbocycles. The molecular formula is C19H18N4O2S. The van der Waals surface area contributed by atoms with E-state index in [2.05, 4.69) is 9.97 Å². The van der Waals surface area contributed by atoms with E-state index in [9.17, 15) is 9.59 Å². The summed E-state index contributed by atoms with van der Waals surface area (Å²) in [6.45, 7) is 0.900. The van der Waals surface area contributed by atoms with Crippen LogP contribution < -0.4 is 4.90 Å². The quantitative estimate of drug-likeness (QED) is 0.712. The number of carbonyl (C=O) groups is 2. The molecule has 0 saturated carbocycles. The van der Waals surface area contributed by atoms with Crippen LogP contribution in [0.1, 0.15) is 12.0 Å². The number of thiazole rings is 1. The Morgan fingerprint density at radius 2 is 2.23 bits per heavy atom. The topological polar surface area (TPSA) is 66.4 Å². The van der Waals surface area contributed by atoms with Crippen molar-refractivity contribution in [3.8, 4) is 0 Å². The summed E-state index contributed by atoms with van der Waals surface area (Å²) in [4.78, 5) is 36.8. The van der Waals surface area contributed by atoms with Crippen LogP contribution in [0.5, 0.6) is 0 Å². The zero-order valence-electron chi connectivity index (χ0n) is 14.3. The predicted octanol–water partition coefficient (Wildman–Crippen LogP) is 2.70. The van der Waals surface area contributed by atoms with Gasteiger partial charge in [-0.25, -0.2) is 4.98 Å². The highest BCUT2D eigenvalue weighted by atomic mass is 32.1. The fourth-order valence-electron chi connectivity index (χ4n) is 3.38. The van der Waals surface area contributed by atoms with Crippen molar-refractivity contribution < 1.29 is 9.59 Å². The van der Waals surface area contributed by atoms with Crippen molar-refractivity contribution in [2.75, 3.05) is 18.5 Å². The first-order valence-corrected chi connectivity index (χ1v) is 9.28. The molecule has 1 fully saturated rings. The molecule has 0 aliphatic carbocycles. The number of hydrogen-bond acceptors (Lipinski definition) is 5. The van der Waals surface area contributed by atoms with Crippen molar-refractivity contribution in [1.82, 2.24) is 14.9 Å². The number of rotatable bonds is 4. The lowest BCUT2D eigenvalue weighted by Gasteiger charge is -2.21. The molecule has 3 heterocycles. The first kappa shape index (κ1) is 16.7. The Hall–Kier alpha value is -2.80. The fourth-order valence-corrected chi connectivity index (χ4v) is 4.05. The first-order valence-electron chi connectivity index (χ1n) is 8.40. The summed E-state index contributed by atoms with van der Waals surface area (Å²) in [5, 5.41) is 4.64. The summed E-state index contributed by atoms with van der Waals surface area (Å²) in [6, 6.07) is 7.97. The molecule has 0 N–H and O–H groups in total. The lowest BCUT2D eigenvalue weighted by atomic mass is 10.0. The van der Waals surface area contributed by atoms with E-state index in [1.54, 1.807) is 29.2 Å². The van der Waals surface area contributed by atoms with Gasteiger partial charge in [0.1, 0.15) is 0 Å². The summed E-state index contributed by atoms with van der Waals surface area (Å²) in [5.74, 6) is -0.376. The Morgan fingerprint density at radius 3 is 3.04 bits per heavy atom. The number of aromatic nitrogens is 2. The average molecular weight is 366 g/mol. The van der Waals surface area contributed by atoms with E-state index < -0.39 is 0 Å². The summed E-state index contributed by atoms with van der Waals surface area (Å²) in [6.07, 6.45) is 5.49. The van der Waals surface area contributed by atoms with Crippen molar-refractivity contribution >= 4 is 39.1 Å². The van der Waals surface area contributed by atoms with Gasteiger partial charge in [0.25, 0.3) is 0 Å². The maximum absolute atomic E-state index is 12.9. The Kier molecular flexibility index (Phi) is 4.38. The maximum atomic E-state index is 12.9. The third-order valence-corrected chi connectivity index (χ3v) is 5.47. The maximum Gasteiger partial charge on any atom is 0.229 e. The summed E-state index contributed by atoms with van der Waals surface area (Å²) >= 11 is 1.41. The number of pyridine rings is 1. The minimum atomic E-state index is -0.326. The van der Waals surface area contributed by atoms with Crippen molar-refractivity contribution in [1.29, 1.82) is 0 Å². The van der Waals surface area contributed by atoms with Crippen molar-refractivity contribution in [3.63, 3.8) is 0 Å². The van der Waals surface area contributed by atoms with E-state index in [1.165, 1.54) is 11.3 Å². The number of carbonyl (C=O) groups excluding carboxylic acids is 2. The molecular weight excluding hydrogens is 348 g/mol. The third kappa shape index (κ3) is 3.06. The second-order valence-corrected chi connectivity index (χ2v) is 7.30. The first-order chi connectivity index (χ1) is 12.6. The van der Waals surface area contributed by atoms with Gasteiger partial charge >= 0.3 is 0 Å². The Morgan fingerprint density at radius 1 is 1.35 bits per heavy atom. The van der Waals surface area contributed by atoms with Crippen molar-refractivity contribution in [2.45, 2.75) is 13.0 Å². The van der Waals surface area contributed by atoms with Gasteiger partial charge in [-0.1, -0.05) is 18.2 Å². The van der Waals surface area contributed by atoms with E-state index in [0.29, 0.717) is 18.2 Å². The van der Waals surface area contributed by atoms with E-state index in [0.717, 1.165) is 16.3 Å². The van der Waals surface area contributed by atoms with Gasteiger partial charge in [-0.15, -0.1) is 11.3 Å². The number of benzene rings is 1. The molecule has 2 aromatic heterocycles. The summed E-state index contributed by atoms with van der Waals surface area (Å²) in [7, 11) is 1.79. The normalized spacial score (nSPS) is 17.0. The molecule has 1 saturated heterocycles. The number of anilines is 1. The van der Waals surface area contributed by atoms with E-state index in [4.69, 9.17) is 0 Å². The molecule has 2 amide bonds. The second kappa shape index (κ2) is 6.84. The Labute approximate surface area is 155 Å². The average Bonchev–Trinajstić information content (AvgIpc) is 3.30. The molecule has 1 aliphatic rings. The Balaban J connectivity index is 1.49. The number of amides is 2. The third-order valence-electron chi connectivity index (χ3n) is 4.68. The zero-order valence-corrected chi connectivity index (χ0v) is 15.1. The lowest BCUT2D eigenvalue weighted by Crippen LogP contribution is -2.34. The van der Waals surface area contributed by atoms with Crippen LogP contribution in [0.4, 0.5) is 5.13 Å². The van der Waals surface area contributed by atoms with Gasteiger partial charge in [0.15, 0.2) is 5.13 Å². The monoisotopic (exact) mass is 366 g/mol. The molecule has 1 unspecified atom stereocenters. The van der Waals surface area contributed by atoms with Crippen LogP contribution in [-0.4, -0.2) is 40.3 Å². The molecule has 7 heteroatoms. The lowest BCUT2D eigenvalue weighted by molar-refractivity contribution is -0.135. The van der Waals surface area contributed by atoms with Gasteiger partial charge in [-0.2, -0.15) is 0 Å². The van der Waals surface area contributed by atoms with Crippen LogP contribution in [0.3, 0.4) is 0 Å². The predicted molar refractivity (Wildman–Crippen MR) is 101 cm³/mol. The SMILES string of the molecule is CN(Cc1cccc2cnccc12)C(=O)C1CC(=O)N(c2nccs2)C1. The van der Waals surface area contributed by atoms with Crippen LogP contribution in [0.2, 0.25) is 0 Å². The van der Waals surface area contributed by atoms with Crippen LogP contribution in [0, 0.1) is 5.92 Å². The standard InChI is InChI=1S/C19H18N4O2S/c1-22(11-14-4-2-3-13-10-20-6-5-16(13)14)18(25)15-9-17(24)23(12-15)19-21-7-8-26-19/h2-8,10,15H,9,11-12H2,1H3. The van der Waals surface area contributed by atoms with Crippen molar-refractivity contribution in [3.05, 3.63) is 53.8 Å². The zero-order chi connectivity index (χ0) is 18.1. The summed E-state index contributed by atoms with van der Waals surface area (Å²) < 4.78 is 0. The van der Waals surface area contributed by atoms with E-state index in [-0.39, 0.29) is 24.2 Å².